The normalized spacial score (nSPS) is 15.3. The lowest BCUT2D eigenvalue weighted by Gasteiger charge is -2.35. The average molecular weight is 341 g/mol. The Morgan fingerprint density at radius 1 is 1.04 bits per heavy atom. The number of nitrogens with zero attached hydrogens (tertiary/aromatic N) is 6. The Bertz CT molecular complexity index is 673. The van der Waals surface area contributed by atoms with Gasteiger partial charge in [-0.05, 0) is 6.92 Å². The summed E-state index contributed by atoms with van der Waals surface area (Å²) in [6, 6.07) is 1.35. The first-order valence-electron chi connectivity index (χ1n) is 7.14. The van der Waals surface area contributed by atoms with E-state index in [-0.39, 0.29) is 5.69 Å². The second-order valence-corrected chi connectivity index (χ2v) is 5.61. The molecule has 0 amide bonds. The minimum Gasteiger partial charge on any atom is -0.353 e. The lowest BCUT2D eigenvalue weighted by atomic mass is 10.3. The molecular formula is C14H15ClF2N6. The Kier molecular flexibility index (Phi) is 4.51. The van der Waals surface area contributed by atoms with Gasteiger partial charge in [-0.1, -0.05) is 11.6 Å². The maximum Gasteiger partial charge on any atom is 0.280 e. The summed E-state index contributed by atoms with van der Waals surface area (Å²) in [7, 11) is 0. The van der Waals surface area contributed by atoms with Crippen LogP contribution in [0.4, 0.5) is 20.5 Å². The molecule has 0 atom stereocenters. The first-order valence-corrected chi connectivity index (χ1v) is 7.52. The number of anilines is 2. The van der Waals surface area contributed by atoms with Gasteiger partial charge < -0.3 is 9.80 Å². The van der Waals surface area contributed by atoms with E-state index >= 15 is 0 Å². The number of rotatable bonds is 3. The van der Waals surface area contributed by atoms with Gasteiger partial charge in [-0.2, -0.15) is 0 Å². The highest BCUT2D eigenvalue weighted by Gasteiger charge is 2.21. The minimum absolute atomic E-state index is 0.240. The van der Waals surface area contributed by atoms with Crippen molar-refractivity contribution in [1.29, 1.82) is 0 Å². The van der Waals surface area contributed by atoms with Crippen LogP contribution in [0, 0.1) is 6.92 Å². The van der Waals surface area contributed by atoms with E-state index in [0.717, 1.165) is 0 Å². The van der Waals surface area contributed by atoms with Crippen molar-refractivity contribution in [3.63, 3.8) is 0 Å². The van der Waals surface area contributed by atoms with E-state index in [1.54, 1.807) is 19.3 Å². The van der Waals surface area contributed by atoms with Gasteiger partial charge in [-0.15, -0.1) is 0 Å². The molecular weight excluding hydrogens is 326 g/mol. The highest BCUT2D eigenvalue weighted by molar-refractivity contribution is 6.30. The lowest BCUT2D eigenvalue weighted by Crippen LogP contribution is -2.47. The molecule has 1 saturated heterocycles. The Morgan fingerprint density at radius 2 is 1.65 bits per heavy atom. The van der Waals surface area contributed by atoms with E-state index in [0.29, 0.717) is 48.8 Å². The van der Waals surface area contributed by atoms with Crippen LogP contribution in [0.5, 0.6) is 0 Å². The summed E-state index contributed by atoms with van der Waals surface area (Å²) >= 11 is 5.78. The Labute approximate surface area is 137 Å². The highest BCUT2D eigenvalue weighted by Crippen LogP contribution is 2.22. The maximum atomic E-state index is 12.9. The molecule has 1 aliphatic heterocycles. The van der Waals surface area contributed by atoms with Crippen LogP contribution in [-0.2, 0) is 0 Å². The van der Waals surface area contributed by atoms with E-state index in [1.165, 1.54) is 6.07 Å². The van der Waals surface area contributed by atoms with E-state index in [2.05, 4.69) is 19.9 Å². The summed E-state index contributed by atoms with van der Waals surface area (Å²) in [6.07, 6.45) is 0.511. The molecule has 0 aromatic carbocycles. The standard InChI is InChI=1S/C14H15ClF2N6/c1-9-20-11(13(16)17)6-12(21-9)22-2-4-23(5-3-22)14-18-7-10(15)8-19-14/h6-8,13H,2-5H2,1H3. The van der Waals surface area contributed by atoms with Gasteiger partial charge in [0.05, 0.1) is 17.4 Å². The van der Waals surface area contributed by atoms with E-state index in [1.807, 2.05) is 9.80 Å². The minimum atomic E-state index is -2.60. The number of hydrogen-bond donors (Lipinski definition) is 0. The highest BCUT2D eigenvalue weighted by atomic mass is 35.5. The number of hydrogen-bond acceptors (Lipinski definition) is 6. The average Bonchev–Trinajstić information content (AvgIpc) is 2.55. The van der Waals surface area contributed by atoms with Crippen molar-refractivity contribution in [2.45, 2.75) is 13.3 Å². The summed E-state index contributed by atoms with van der Waals surface area (Å²) < 4.78 is 25.7. The number of aromatic nitrogens is 4. The van der Waals surface area contributed by atoms with Crippen molar-refractivity contribution in [3.8, 4) is 0 Å². The van der Waals surface area contributed by atoms with Crippen LogP contribution < -0.4 is 9.80 Å². The van der Waals surface area contributed by atoms with Crippen molar-refractivity contribution < 1.29 is 8.78 Å². The Hall–Kier alpha value is -2.09. The van der Waals surface area contributed by atoms with Crippen LogP contribution in [0.3, 0.4) is 0 Å². The molecule has 6 nitrogen and oxygen atoms in total. The first-order chi connectivity index (χ1) is 11.0. The molecule has 2 aromatic heterocycles. The smallest absolute Gasteiger partial charge is 0.280 e. The molecule has 0 aliphatic carbocycles. The van der Waals surface area contributed by atoms with Crippen LogP contribution in [-0.4, -0.2) is 46.1 Å². The van der Waals surface area contributed by atoms with Crippen LogP contribution in [0.25, 0.3) is 0 Å². The van der Waals surface area contributed by atoms with Gasteiger partial charge in [0.25, 0.3) is 6.43 Å². The lowest BCUT2D eigenvalue weighted by molar-refractivity contribution is 0.145. The predicted molar refractivity (Wildman–Crippen MR) is 83.2 cm³/mol. The number of halogens is 3. The maximum absolute atomic E-state index is 12.9. The fourth-order valence-corrected chi connectivity index (χ4v) is 2.55. The van der Waals surface area contributed by atoms with E-state index in [4.69, 9.17) is 11.6 Å². The van der Waals surface area contributed by atoms with Crippen molar-refractivity contribution in [2.75, 3.05) is 36.0 Å². The zero-order chi connectivity index (χ0) is 16.4. The number of piperazine rings is 1. The number of alkyl halides is 2. The van der Waals surface area contributed by atoms with Crippen molar-refractivity contribution in [2.24, 2.45) is 0 Å². The van der Waals surface area contributed by atoms with Gasteiger partial charge in [0.1, 0.15) is 17.3 Å². The fourth-order valence-electron chi connectivity index (χ4n) is 2.45. The van der Waals surface area contributed by atoms with E-state index < -0.39 is 6.43 Å². The second kappa shape index (κ2) is 6.57. The number of aryl methyl sites for hydroxylation is 1. The zero-order valence-electron chi connectivity index (χ0n) is 12.5. The third-order valence-electron chi connectivity index (χ3n) is 3.56. The van der Waals surface area contributed by atoms with Crippen LogP contribution >= 0.6 is 11.6 Å². The van der Waals surface area contributed by atoms with Crippen LogP contribution in [0.2, 0.25) is 5.02 Å². The van der Waals surface area contributed by atoms with Gasteiger partial charge in [0.15, 0.2) is 0 Å². The van der Waals surface area contributed by atoms with Gasteiger partial charge in [0.2, 0.25) is 5.95 Å². The quantitative estimate of drug-likeness (QED) is 0.855. The summed E-state index contributed by atoms with van der Waals surface area (Å²) in [4.78, 5) is 20.4. The molecule has 3 rings (SSSR count). The van der Waals surface area contributed by atoms with Crippen LogP contribution in [0.1, 0.15) is 17.9 Å². The second-order valence-electron chi connectivity index (χ2n) is 5.17. The molecule has 1 aliphatic rings. The molecule has 122 valence electrons. The van der Waals surface area contributed by atoms with Crippen molar-refractivity contribution in [3.05, 3.63) is 35.0 Å². The molecule has 3 heterocycles. The predicted octanol–water partition coefficient (Wildman–Crippen LogP) is 2.49. The Balaban J connectivity index is 1.70. The molecule has 0 N–H and O–H groups in total. The molecule has 23 heavy (non-hydrogen) atoms. The third kappa shape index (κ3) is 3.64. The van der Waals surface area contributed by atoms with Crippen molar-refractivity contribution >= 4 is 23.4 Å². The third-order valence-corrected chi connectivity index (χ3v) is 3.76. The summed E-state index contributed by atoms with van der Waals surface area (Å²) in [5, 5.41) is 0.489. The Morgan fingerprint density at radius 3 is 2.26 bits per heavy atom. The summed E-state index contributed by atoms with van der Waals surface area (Å²) in [6.45, 7) is 4.26. The molecule has 9 heteroatoms. The van der Waals surface area contributed by atoms with Gasteiger partial charge >= 0.3 is 0 Å². The molecule has 0 bridgehead atoms. The molecule has 0 spiro atoms. The van der Waals surface area contributed by atoms with E-state index in [9.17, 15) is 8.78 Å². The monoisotopic (exact) mass is 340 g/mol. The van der Waals surface area contributed by atoms with Crippen molar-refractivity contribution in [1.82, 2.24) is 19.9 Å². The molecule has 1 fully saturated rings. The molecule has 2 aromatic rings. The SMILES string of the molecule is Cc1nc(C(F)F)cc(N2CCN(c3ncc(Cl)cn3)CC2)n1. The van der Waals surface area contributed by atoms with Gasteiger partial charge in [0, 0.05) is 32.2 Å². The van der Waals surface area contributed by atoms with Gasteiger partial charge in [-0.3, -0.25) is 0 Å². The fraction of sp³-hybridized carbons (Fsp3) is 0.429. The summed E-state index contributed by atoms with van der Waals surface area (Å²) in [5.74, 6) is 1.49. The molecule has 0 saturated carbocycles. The van der Waals surface area contributed by atoms with Gasteiger partial charge in [-0.25, -0.2) is 28.7 Å². The summed E-state index contributed by atoms with van der Waals surface area (Å²) in [5.41, 5.74) is -0.240. The molecule has 0 radical (unpaired) electrons. The topological polar surface area (TPSA) is 58.0 Å². The first kappa shape index (κ1) is 15.8. The zero-order valence-corrected chi connectivity index (χ0v) is 13.2. The largest absolute Gasteiger partial charge is 0.353 e. The van der Waals surface area contributed by atoms with Crippen LogP contribution in [0.15, 0.2) is 18.5 Å². The molecule has 0 unspecified atom stereocenters.